The molecule has 0 aliphatic carbocycles. The van der Waals surface area contributed by atoms with Crippen LogP contribution in [0.25, 0.3) is 0 Å². The zero-order valence-electron chi connectivity index (χ0n) is 9.90. The first-order valence-electron chi connectivity index (χ1n) is 5.06. The van der Waals surface area contributed by atoms with Gasteiger partial charge in [0.2, 0.25) is 0 Å². The number of benzene rings is 1. The predicted octanol–water partition coefficient (Wildman–Crippen LogP) is 5.25. The number of rotatable bonds is 1. The number of carbonyl (C=O) groups is 1. The van der Waals surface area contributed by atoms with E-state index in [1.54, 1.807) is 18.2 Å². The molecule has 0 N–H and O–H groups in total. The Hall–Kier alpha value is -0.530. The largest absolute Gasteiger partial charge is 0.295 e. The summed E-state index contributed by atoms with van der Waals surface area (Å²) in [5, 5.41) is 0.977. The van der Waals surface area contributed by atoms with E-state index in [0.29, 0.717) is 15.6 Å². The van der Waals surface area contributed by atoms with Crippen molar-refractivity contribution >= 4 is 29.0 Å². The van der Waals surface area contributed by atoms with Crippen molar-refractivity contribution in [2.24, 2.45) is 0 Å². The first-order chi connectivity index (χ1) is 7.09. The van der Waals surface area contributed by atoms with Crippen LogP contribution in [0.15, 0.2) is 18.2 Å². The van der Waals surface area contributed by atoms with Crippen molar-refractivity contribution in [1.29, 1.82) is 0 Å². The maximum Gasteiger partial charge on any atom is 0.159 e. The van der Waals surface area contributed by atoms with Gasteiger partial charge in [-0.3, -0.25) is 4.79 Å². The number of halogens is 2. The topological polar surface area (TPSA) is 17.1 Å². The van der Waals surface area contributed by atoms with Gasteiger partial charge in [-0.2, -0.15) is 0 Å². The Kier molecular flexibility index (Phi) is 11.3. The second-order valence-corrected chi connectivity index (χ2v) is 3.09. The summed E-state index contributed by atoms with van der Waals surface area (Å²) in [6, 6.07) is 4.78. The predicted molar refractivity (Wildman–Crippen MR) is 69.2 cm³/mol. The van der Waals surface area contributed by atoms with Crippen LogP contribution in [0.1, 0.15) is 45.0 Å². The van der Waals surface area contributed by atoms with Crippen LogP contribution in [-0.4, -0.2) is 5.78 Å². The van der Waals surface area contributed by atoms with Gasteiger partial charge in [0.15, 0.2) is 5.78 Å². The summed E-state index contributed by atoms with van der Waals surface area (Å²) in [5.74, 6) is -0.0330. The van der Waals surface area contributed by atoms with Crippen molar-refractivity contribution in [1.82, 2.24) is 0 Å². The first-order valence-corrected chi connectivity index (χ1v) is 5.82. The molecule has 0 fully saturated rings. The van der Waals surface area contributed by atoms with E-state index in [1.165, 1.54) is 6.92 Å². The fourth-order valence-corrected chi connectivity index (χ4v) is 1.28. The van der Waals surface area contributed by atoms with Gasteiger partial charge in [0.25, 0.3) is 0 Å². The summed E-state index contributed by atoms with van der Waals surface area (Å²) in [6.07, 6.45) is 0. The number of ketones is 1. The molecule has 0 unspecified atom stereocenters. The lowest BCUT2D eigenvalue weighted by molar-refractivity contribution is 0.101. The van der Waals surface area contributed by atoms with Crippen LogP contribution in [0, 0.1) is 0 Å². The molecule has 1 aromatic rings. The molecule has 0 atom stereocenters. The van der Waals surface area contributed by atoms with Crippen molar-refractivity contribution in [2.75, 3.05) is 0 Å². The van der Waals surface area contributed by atoms with Crippen molar-refractivity contribution in [3.8, 4) is 0 Å². The molecule has 86 valence electrons. The van der Waals surface area contributed by atoms with Crippen LogP contribution in [0.4, 0.5) is 0 Å². The quantitative estimate of drug-likeness (QED) is 0.621. The molecule has 1 nitrogen and oxygen atoms in total. The molecule has 0 heterocycles. The van der Waals surface area contributed by atoms with Gasteiger partial charge in [-0.25, -0.2) is 0 Å². The highest BCUT2D eigenvalue weighted by atomic mass is 35.5. The molecule has 15 heavy (non-hydrogen) atoms. The number of hydrogen-bond acceptors (Lipinski definition) is 1. The van der Waals surface area contributed by atoms with Crippen molar-refractivity contribution in [2.45, 2.75) is 34.6 Å². The van der Waals surface area contributed by atoms with Crippen molar-refractivity contribution < 1.29 is 4.79 Å². The molecule has 1 aromatic carbocycles. The normalized spacial score (nSPS) is 7.93. The van der Waals surface area contributed by atoms with Crippen LogP contribution in [0.2, 0.25) is 10.0 Å². The van der Waals surface area contributed by atoms with Gasteiger partial charge in [-0.05, 0) is 25.1 Å². The van der Waals surface area contributed by atoms with Crippen molar-refractivity contribution in [3.05, 3.63) is 33.8 Å². The number of Topliss-reactive ketones (excluding diaryl/α,β-unsaturated/α-hetero) is 1. The summed E-state index contributed by atoms with van der Waals surface area (Å²) in [7, 11) is 0. The number of carbonyl (C=O) groups excluding carboxylic acids is 1. The van der Waals surface area contributed by atoms with E-state index in [4.69, 9.17) is 23.2 Å². The SMILES string of the molecule is CC.CC.CC(=O)c1cc(Cl)cc(Cl)c1. The van der Waals surface area contributed by atoms with Gasteiger partial charge in [-0.1, -0.05) is 50.9 Å². The van der Waals surface area contributed by atoms with E-state index in [2.05, 4.69) is 0 Å². The maximum atomic E-state index is 10.8. The van der Waals surface area contributed by atoms with Gasteiger partial charge in [0, 0.05) is 15.6 Å². The van der Waals surface area contributed by atoms with Crippen molar-refractivity contribution in [3.63, 3.8) is 0 Å². The molecule has 0 aliphatic rings. The molecule has 0 bridgehead atoms. The molecule has 0 aliphatic heterocycles. The average molecular weight is 249 g/mol. The van der Waals surface area contributed by atoms with Crippen LogP contribution in [0.3, 0.4) is 0 Å². The number of hydrogen-bond donors (Lipinski definition) is 0. The minimum Gasteiger partial charge on any atom is -0.295 e. The van der Waals surface area contributed by atoms with Crippen LogP contribution in [0.5, 0.6) is 0 Å². The van der Waals surface area contributed by atoms with Crippen LogP contribution < -0.4 is 0 Å². The van der Waals surface area contributed by atoms with E-state index in [-0.39, 0.29) is 5.78 Å². The highest BCUT2D eigenvalue weighted by Crippen LogP contribution is 2.18. The zero-order valence-corrected chi connectivity index (χ0v) is 11.4. The summed E-state index contributed by atoms with van der Waals surface area (Å²) < 4.78 is 0. The second kappa shape index (κ2) is 10.0. The summed E-state index contributed by atoms with van der Waals surface area (Å²) >= 11 is 11.3. The molecular weight excluding hydrogens is 231 g/mol. The third-order valence-corrected chi connectivity index (χ3v) is 1.71. The second-order valence-electron chi connectivity index (χ2n) is 2.21. The molecule has 0 spiro atoms. The smallest absolute Gasteiger partial charge is 0.159 e. The van der Waals surface area contributed by atoms with E-state index >= 15 is 0 Å². The molecule has 0 amide bonds. The van der Waals surface area contributed by atoms with Gasteiger partial charge >= 0.3 is 0 Å². The summed E-state index contributed by atoms with van der Waals surface area (Å²) in [4.78, 5) is 10.8. The molecular formula is C12H18Cl2O. The third kappa shape index (κ3) is 7.40. The molecule has 3 heteroatoms. The Morgan fingerprint density at radius 1 is 0.933 bits per heavy atom. The lowest BCUT2D eigenvalue weighted by atomic mass is 10.1. The zero-order chi connectivity index (χ0) is 12.4. The first kappa shape index (κ1) is 16.9. The Balaban J connectivity index is 0. The molecule has 0 radical (unpaired) electrons. The lowest BCUT2D eigenvalue weighted by Crippen LogP contribution is -1.90. The monoisotopic (exact) mass is 248 g/mol. The lowest BCUT2D eigenvalue weighted by Gasteiger charge is -1.96. The van der Waals surface area contributed by atoms with Gasteiger partial charge < -0.3 is 0 Å². The fraction of sp³-hybridized carbons (Fsp3) is 0.417. The van der Waals surface area contributed by atoms with E-state index in [1.807, 2.05) is 27.7 Å². The minimum atomic E-state index is -0.0330. The van der Waals surface area contributed by atoms with Crippen LogP contribution >= 0.6 is 23.2 Å². The van der Waals surface area contributed by atoms with Gasteiger partial charge in [-0.15, -0.1) is 0 Å². The summed E-state index contributed by atoms with van der Waals surface area (Å²) in [5.41, 5.74) is 0.544. The minimum absolute atomic E-state index is 0.0330. The highest BCUT2D eigenvalue weighted by molar-refractivity contribution is 6.35. The molecule has 0 saturated carbocycles. The van der Waals surface area contributed by atoms with E-state index < -0.39 is 0 Å². The van der Waals surface area contributed by atoms with E-state index in [0.717, 1.165) is 0 Å². The fourth-order valence-electron chi connectivity index (χ4n) is 0.757. The summed E-state index contributed by atoms with van der Waals surface area (Å²) in [6.45, 7) is 9.47. The highest BCUT2D eigenvalue weighted by Gasteiger charge is 2.01. The van der Waals surface area contributed by atoms with E-state index in [9.17, 15) is 4.79 Å². The van der Waals surface area contributed by atoms with Gasteiger partial charge in [0.05, 0.1) is 0 Å². The Morgan fingerprint density at radius 2 is 1.27 bits per heavy atom. The molecule has 0 saturated heterocycles. The molecule has 0 aromatic heterocycles. The Bertz CT molecular complexity index is 275. The standard InChI is InChI=1S/C8H6Cl2O.2C2H6/c1-5(11)6-2-7(9)4-8(10)3-6;2*1-2/h2-4H,1H3;2*1-2H3. The Labute approximate surface area is 102 Å². The third-order valence-electron chi connectivity index (χ3n) is 1.27. The maximum absolute atomic E-state index is 10.8. The average Bonchev–Trinajstić information content (AvgIpc) is 2.22. The Morgan fingerprint density at radius 3 is 1.53 bits per heavy atom. The van der Waals surface area contributed by atoms with Gasteiger partial charge in [0.1, 0.15) is 0 Å². The van der Waals surface area contributed by atoms with Crippen LogP contribution in [-0.2, 0) is 0 Å². The molecule has 1 rings (SSSR count).